The summed E-state index contributed by atoms with van der Waals surface area (Å²) in [7, 11) is 1.70. The van der Waals surface area contributed by atoms with E-state index >= 15 is 0 Å². The zero-order chi connectivity index (χ0) is 27.4. The first kappa shape index (κ1) is 29.5. The Bertz CT molecular complexity index is 1030. The van der Waals surface area contributed by atoms with E-state index < -0.39 is 11.9 Å². The fraction of sp³-hybridized carbons (Fsp3) is 0.393. The molecule has 1 saturated heterocycles. The van der Waals surface area contributed by atoms with E-state index in [4.69, 9.17) is 24.5 Å². The number of piperazine rings is 1. The van der Waals surface area contributed by atoms with E-state index in [0.29, 0.717) is 0 Å². The predicted molar refractivity (Wildman–Crippen MR) is 142 cm³/mol. The average molecular weight is 512 g/mol. The van der Waals surface area contributed by atoms with Crippen molar-refractivity contribution in [2.24, 2.45) is 0 Å². The van der Waals surface area contributed by atoms with Crippen LogP contribution in [0.3, 0.4) is 0 Å². The Kier molecular flexibility index (Phi) is 11.8. The summed E-state index contributed by atoms with van der Waals surface area (Å²) in [5.41, 5.74) is 3.15. The lowest BCUT2D eigenvalue weighted by atomic mass is 9.95. The van der Waals surface area contributed by atoms with Crippen LogP contribution in [0, 0.1) is 0 Å². The first-order valence-corrected chi connectivity index (χ1v) is 12.3. The number of carbonyl (C=O) groups is 3. The van der Waals surface area contributed by atoms with Gasteiger partial charge in [-0.25, -0.2) is 9.59 Å². The topological polar surface area (TPSA) is 111 Å². The van der Waals surface area contributed by atoms with E-state index in [1.807, 2.05) is 49.1 Å². The van der Waals surface area contributed by atoms with Gasteiger partial charge in [0.05, 0.1) is 13.2 Å². The molecular formula is C28H37N3O6. The van der Waals surface area contributed by atoms with E-state index in [0.717, 1.165) is 57.1 Å². The van der Waals surface area contributed by atoms with Gasteiger partial charge in [-0.1, -0.05) is 30.3 Å². The van der Waals surface area contributed by atoms with Crippen molar-refractivity contribution in [1.82, 2.24) is 14.7 Å². The average Bonchev–Trinajstić information content (AvgIpc) is 2.91. The number of carboxylic acids is 2. The molecular weight excluding hydrogens is 474 g/mol. The van der Waals surface area contributed by atoms with Gasteiger partial charge >= 0.3 is 11.9 Å². The molecule has 2 N–H and O–H groups in total. The molecule has 37 heavy (non-hydrogen) atoms. The molecule has 200 valence electrons. The minimum absolute atomic E-state index is 0.0903. The van der Waals surface area contributed by atoms with Crippen molar-refractivity contribution in [2.45, 2.75) is 19.9 Å². The van der Waals surface area contributed by atoms with Gasteiger partial charge in [0, 0.05) is 51.4 Å². The molecule has 0 spiro atoms. The molecule has 2 aromatic carbocycles. The number of hydrogen-bond acceptors (Lipinski definition) is 6. The van der Waals surface area contributed by atoms with Gasteiger partial charge in [0.15, 0.2) is 0 Å². The number of amides is 1. The smallest absolute Gasteiger partial charge is 0.414 e. The van der Waals surface area contributed by atoms with E-state index in [1.54, 1.807) is 7.11 Å². The molecule has 1 fully saturated rings. The SMILES string of the molecule is C=CCN1CCN(C(c2ccc(C(=O)N(CC)CC)cc2)c2cccc(OC)c2)CC1.O=C(O)C(=O)O. The van der Waals surface area contributed by atoms with Crippen LogP contribution in [-0.4, -0.2) is 95.7 Å². The largest absolute Gasteiger partial charge is 0.497 e. The highest BCUT2D eigenvalue weighted by molar-refractivity contribution is 6.27. The second kappa shape index (κ2) is 14.8. The molecule has 0 aliphatic carbocycles. The molecule has 9 nitrogen and oxygen atoms in total. The maximum absolute atomic E-state index is 12.7. The lowest BCUT2D eigenvalue weighted by Gasteiger charge is -2.39. The molecule has 0 aromatic heterocycles. The van der Waals surface area contributed by atoms with Gasteiger partial charge in [-0.05, 0) is 49.2 Å². The summed E-state index contributed by atoms with van der Waals surface area (Å²) in [6, 6.07) is 16.6. The molecule has 3 rings (SSSR count). The molecule has 1 aliphatic rings. The van der Waals surface area contributed by atoms with Crippen LogP contribution in [0.1, 0.15) is 41.4 Å². The highest BCUT2D eigenvalue weighted by Gasteiger charge is 2.27. The van der Waals surface area contributed by atoms with Crippen LogP contribution in [0.4, 0.5) is 0 Å². The first-order chi connectivity index (χ1) is 17.7. The van der Waals surface area contributed by atoms with Crippen LogP contribution < -0.4 is 4.74 Å². The quantitative estimate of drug-likeness (QED) is 0.390. The number of rotatable bonds is 9. The van der Waals surface area contributed by atoms with Crippen molar-refractivity contribution < 1.29 is 29.3 Å². The summed E-state index contributed by atoms with van der Waals surface area (Å²) in [6.07, 6.45) is 1.97. The summed E-state index contributed by atoms with van der Waals surface area (Å²) >= 11 is 0. The minimum atomic E-state index is -1.82. The molecule has 1 aliphatic heterocycles. The van der Waals surface area contributed by atoms with Gasteiger partial charge in [-0.15, -0.1) is 6.58 Å². The van der Waals surface area contributed by atoms with E-state index in [2.05, 4.69) is 40.6 Å². The molecule has 1 amide bonds. The highest BCUT2D eigenvalue weighted by Crippen LogP contribution is 2.32. The Morgan fingerprint density at radius 1 is 0.973 bits per heavy atom. The number of methoxy groups -OCH3 is 1. The van der Waals surface area contributed by atoms with Crippen LogP contribution in [-0.2, 0) is 9.59 Å². The standard InChI is InChI=1S/C26H35N3O2.C2H2O4/c1-5-15-27-16-18-29(19-17-27)25(23-9-8-10-24(20-23)31-4)21-11-13-22(14-12-21)26(30)28(6-2)7-3;3-1(4)2(5)6/h5,8-14,20,25H,1,6-7,15-19H2,2-4H3;(H,3,4)(H,5,6). The monoisotopic (exact) mass is 511 g/mol. The summed E-state index contributed by atoms with van der Waals surface area (Å²) in [5, 5.41) is 14.8. The Labute approximate surface area is 218 Å². The van der Waals surface area contributed by atoms with E-state index in [9.17, 15) is 4.79 Å². The number of hydrogen-bond donors (Lipinski definition) is 2. The summed E-state index contributed by atoms with van der Waals surface area (Å²) in [5.74, 6) is -2.70. The Morgan fingerprint density at radius 3 is 2.05 bits per heavy atom. The van der Waals surface area contributed by atoms with Crippen molar-refractivity contribution in [3.05, 3.63) is 77.9 Å². The number of carbonyl (C=O) groups excluding carboxylic acids is 1. The Morgan fingerprint density at radius 2 is 1.57 bits per heavy atom. The maximum Gasteiger partial charge on any atom is 0.414 e. The van der Waals surface area contributed by atoms with Crippen molar-refractivity contribution in [3.8, 4) is 5.75 Å². The van der Waals surface area contributed by atoms with Crippen molar-refractivity contribution >= 4 is 17.8 Å². The van der Waals surface area contributed by atoms with Gasteiger partial charge in [0.25, 0.3) is 5.91 Å². The molecule has 0 saturated carbocycles. The minimum Gasteiger partial charge on any atom is -0.497 e. The fourth-order valence-corrected chi connectivity index (χ4v) is 4.31. The van der Waals surface area contributed by atoms with Crippen LogP contribution >= 0.6 is 0 Å². The number of nitrogens with zero attached hydrogens (tertiary/aromatic N) is 3. The lowest BCUT2D eigenvalue weighted by Crippen LogP contribution is -2.47. The van der Waals surface area contributed by atoms with Gasteiger partial charge in [0.1, 0.15) is 5.75 Å². The van der Waals surface area contributed by atoms with E-state index in [-0.39, 0.29) is 11.9 Å². The van der Waals surface area contributed by atoms with Crippen molar-refractivity contribution in [2.75, 3.05) is 52.9 Å². The van der Waals surface area contributed by atoms with E-state index in [1.165, 1.54) is 11.1 Å². The molecule has 1 heterocycles. The van der Waals surface area contributed by atoms with Crippen molar-refractivity contribution in [3.63, 3.8) is 0 Å². The zero-order valence-corrected chi connectivity index (χ0v) is 21.8. The third kappa shape index (κ3) is 8.44. The summed E-state index contributed by atoms with van der Waals surface area (Å²) in [6.45, 7) is 14.3. The molecule has 9 heteroatoms. The summed E-state index contributed by atoms with van der Waals surface area (Å²) < 4.78 is 5.49. The maximum atomic E-state index is 12.7. The number of carboxylic acid groups (broad SMARTS) is 2. The van der Waals surface area contributed by atoms with Gasteiger partial charge < -0.3 is 19.8 Å². The molecule has 0 radical (unpaired) electrons. The second-order valence-electron chi connectivity index (χ2n) is 8.51. The van der Waals surface area contributed by atoms with Crippen LogP contribution in [0.15, 0.2) is 61.2 Å². The Hall–Kier alpha value is -3.69. The number of aliphatic carboxylic acids is 2. The third-order valence-corrected chi connectivity index (χ3v) is 6.28. The first-order valence-electron chi connectivity index (χ1n) is 12.3. The van der Waals surface area contributed by atoms with Gasteiger partial charge in [-0.3, -0.25) is 14.6 Å². The molecule has 1 unspecified atom stereocenters. The number of benzene rings is 2. The third-order valence-electron chi connectivity index (χ3n) is 6.28. The highest BCUT2D eigenvalue weighted by atomic mass is 16.5. The zero-order valence-electron chi connectivity index (χ0n) is 21.8. The molecule has 1 atom stereocenters. The predicted octanol–water partition coefficient (Wildman–Crippen LogP) is 3.23. The molecule has 0 bridgehead atoms. The van der Waals surface area contributed by atoms with Crippen LogP contribution in [0.2, 0.25) is 0 Å². The fourth-order valence-electron chi connectivity index (χ4n) is 4.31. The van der Waals surface area contributed by atoms with Gasteiger partial charge in [0.2, 0.25) is 0 Å². The van der Waals surface area contributed by atoms with Crippen LogP contribution in [0.5, 0.6) is 5.75 Å². The second-order valence-corrected chi connectivity index (χ2v) is 8.51. The normalized spacial score (nSPS) is 14.6. The summed E-state index contributed by atoms with van der Waals surface area (Å²) in [4.78, 5) is 37.7. The van der Waals surface area contributed by atoms with Crippen LogP contribution in [0.25, 0.3) is 0 Å². The number of ether oxygens (including phenoxy) is 1. The van der Waals surface area contributed by atoms with Gasteiger partial charge in [-0.2, -0.15) is 0 Å². The van der Waals surface area contributed by atoms with Crippen molar-refractivity contribution in [1.29, 1.82) is 0 Å². The molecule has 2 aromatic rings. The lowest BCUT2D eigenvalue weighted by molar-refractivity contribution is -0.159. The Balaban J connectivity index is 0.000000717.